The number of hydrogen-bond donors (Lipinski definition) is 0. The third-order valence-electron chi connectivity index (χ3n) is 3.73. The van der Waals surface area contributed by atoms with E-state index in [0.29, 0.717) is 6.61 Å². The van der Waals surface area contributed by atoms with Crippen LogP contribution in [0.25, 0.3) is 11.1 Å². The summed E-state index contributed by atoms with van der Waals surface area (Å²) in [6, 6.07) is 16.5. The largest absolute Gasteiger partial charge is 0.494 e. The highest BCUT2D eigenvalue weighted by atomic mass is 16.5. The third kappa shape index (κ3) is 4.72. The second-order valence-corrected chi connectivity index (χ2v) is 5.40. The lowest BCUT2D eigenvalue weighted by atomic mass is 10.0. The molecule has 0 bridgehead atoms. The van der Waals surface area contributed by atoms with Crippen LogP contribution in [-0.2, 0) is 6.42 Å². The molecule has 0 spiro atoms. The monoisotopic (exact) mass is 304 g/mol. The number of allylic oxidation sites excluding steroid dienone is 4. The molecule has 2 aromatic rings. The lowest BCUT2D eigenvalue weighted by Gasteiger charge is -2.06. The quantitative estimate of drug-likeness (QED) is 0.576. The molecule has 0 aliphatic carbocycles. The van der Waals surface area contributed by atoms with Gasteiger partial charge in [-0.15, -0.1) is 0 Å². The van der Waals surface area contributed by atoms with Gasteiger partial charge in [-0.25, -0.2) is 0 Å². The van der Waals surface area contributed by atoms with Gasteiger partial charge in [0.2, 0.25) is 0 Å². The van der Waals surface area contributed by atoms with E-state index in [2.05, 4.69) is 44.3 Å². The lowest BCUT2D eigenvalue weighted by Crippen LogP contribution is -1.91. The molecule has 0 saturated heterocycles. The summed E-state index contributed by atoms with van der Waals surface area (Å²) < 4.78 is 5.53. The van der Waals surface area contributed by atoms with Gasteiger partial charge in [0.05, 0.1) is 6.61 Å². The van der Waals surface area contributed by atoms with Gasteiger partial charge in [0, 0.05) is 0 Å². The predicted molar refractivity (Wildman–Crippen MR) is 101 cm³/mol. The van der Waals surface area contributed by atoms with E-state index >= 15 is 0 Å². The zero-order valence-corrected chi connectivity index (χ0v) is 14.0. The van der Waals surface area contributed by atoms with Crippen LogP contribution in [-0.4, -0.2) is 6.61 Å². The van der Waals surface area contributed by atoms with E-state index in [1.54, 1.807) is 0 Å². The maximum absolute atomic E-state index is 5.53. The topological polar surface area (TPSA) is 9.23 Å². The van der Waals surface area contributed by atoms with E-state index in [9.17, 15) is 0 Å². The Hall–Kier alpha value is -2.54. The van der Waals surface area contributed by atoms with Crippen molar-refractivity contribution in [2.45, 2.75) is 20.3 Å². The van der Waals surface area contributed by atoms with Crippen LogP contribution in [0.3, 0.4) is 0 Å². The van der Waals surface area contributed by atoms with Crippen LogP contribution < -0.4 is 4.74 Å². The Morgan fingerprint density at radius 1 is 0.913 bits per heavy atom. The van der Waals surface area contributed by atoms with Crippen LogP contribution in [0.5, 0.6) is 5.75 Å². The van der Waals surface area contributed by atoms with Gasteiger partial charge in [-0.3, -0.25) is 0 Å². The second kappa shape index (κ2) is 8.19. The number of benzene rings is 2. The Kier molecular flexibility index (Phi) is 5.99. The molecular weight excluding hydrogens is 280 g/mol. The second-order valence-electron chi connectivity index (χ2n) is 5.40. The summed E-state index contributed by atoms with van der Waals surface area (Å²) in [6.07, 6.45) is 5.06. The van der Waals surface area contributed by atoms with Crippen molar-refractivity contribution < 1.29 is 4.74 Å². The molecule has 0 N–H and O–H groups in total. The predicted octanol–water partition coefficient (Wildman–Crippen LogP) is 5.93. The van der Waals surface area contributed by atoms with E-state index in [1.807, 2.05) is 43.3 Å². The average Bonchev–Trinajstić information content (AvgIpc) is 2.60. The molecule has 0 atom stereocenters. The Bertz CT molecular complexity index is 705. The molecule has 0 saturated carbocycles. The highest BCUT2D eigenvalue weighted by molar-refractivity contribution is 5.79. The Balaban J connectivity index is 2.07. The fourth-order valence-electron chi connectivity index (χ4n) is 2.30. The Morgan fingerprint density at radius 2 is 1.57 bits per heavy atom. The summed E-state index contributed by atoms with van der Waals surface area (Å²) in [7, 11) is 0. The molecule has 118 valence electrons. The summed E-state index contributed by atoms with van der Waals surface area (Å²) in [4.78, 5) is 0. The first-order valence-corrected chi connectivity index (χ1v) is 8.02. The summed E-state index contributed by atoms with van der Waals surface area (Å²) in [6.45, 7) is 13.1. The van der Waals surface area contributed by atoms with Gasteiger partial charge in [0.25, 0.3) is 0 Å². The maximum atomic E-state index is 5.53. The zero-order valence-electron chi connectivity index (χ0n) is 14.0. The first-order chi connectivity index (χ1) is 11.1. The van der Waals surface area contributed by atoms with E-state index in [0.717, 1.165) is 34.4 Å². The first-order valence-electron chi connectivity index (χ1n) is 8.02. The summed E-state index contributed by atoms with van der Waals surface area (Å²) in [5.41, 5.74) is 5.45. The van der Waals surface area contributed by atoms with Crippen LogP contribution >= 0.6 is 0 Å². The van der Waals surface area contributed by atoms with Crippen LogP contribution in [0.1, 0.15) is 30.5 Å². The van der Waals surface area contributed by atoms with Gasteiger partial charge >= 0.3 is 0 Å². The van der Waals surface area contributed by atoms with Crippen LogP contribution in [0.4, 0.5) is 0 Å². The normalized spacial score (nSPS) is 10.7. The molecule has 0 aromatic heterocycles. The van der Waals surface area contributed by atoms with E-state index in [-0.39, 0.29) is 0 Å². The molecule has 23 heavy (non-hydrogen) atoms. The number of hydrogen-bond acceptors (Lipinski definition) is 1. The van der Waals surface area contributed by atoms with Gasteiger partial charge in [0.15, 0.2) is 0 Å². The van der Waals surface area contributed by atoms with Crippen molar-refractivity contribution in [3.8, 4) is 5.75 Å². The molecule has 0 unspecified atom stereocenters. The van der Waals surface area contributed by atoms with Crippen molar-refractivity contribution >= 4 is 11.1 Å². The summed E-state index contributed by atoms with van der Waals surface area (Å²) in [5, 5.41) is 0. The first kappa shape index (κ1) is 16.8. The summed E-state index contributed by atoms with van der Waals surface area (Å²) >= 11 is 0. The number of aryl methyl sites for hydroxylation is 1. The molecule has 0 amide bonds. The van der Waals surface area contributed by atoms with Gasteiger partial charge in [0.1, 0.15) is 5.75 Å². The minimum atomic E-state index is 0.663. The molecule has 1 nitrogen and oxygen atoms in total. The SMILES string of the molecule is C=C(/C=C\C(=C)c1cccc(OCC)c1)c1ccc(CC)cc1. The van der Waals surface area contributed by atoms with Crippen LogP contribution in [0, 0.1) is 0 Å². The van der Waals surface area contributed by atoms with Gasteiger partial charge in [-0.1, -0.05) is 68.6 Å². The van der Waals surface area contributed by atoms with E-state index in [4.69, 9.17) is 4.74 Å². The molecule has 1 heteroatoms. The molecule has 0 radical (unpaired) electrons. The van der Waals surface area contributed by atoms with Gasteiger partial charge < -0.3 is 4.74 Å². The van der Waals surface area contributed by atoms with Gasteiger partial charge in [-0.2, -0.15) is 0 Å². The van der Waals surface area contributed by atoms with Crippen molar-refractivity contribution in [3.63, 3.8) is 0 Å². The van der Waals surface area contributed by atoms with Crippen molar-refractivity contribution in [2.24, 2.45) is 0 Å². The average molecular weight is 304 g/mol. The zero-order chi connectivity index (χ0) is 16.7. The van der Waals surface area contributed by atoms with Crippen molar-refractivity contribution in [1.29, 1.82) is 0 Å². The van der Waals surface area contributed by atoms with E-state index in [1.165, 1.54) is 5.56 Å². The third-order valence-corrected chi connectivity index (χ3v) is 3.73. The fourth-order valence-corrected chi connectivity index (χ4v) is 2.30. The Labute approximate surface area is 139 Å². The number of ether oxygens (including phenoxy) is 1. The molecular formula is C22H24O. The highest BCUT2D eigenvalue weighted by Crippen LogP contribution is 2.22. The van der Waals surface area contributed by atoms with Crippen molar-refractivity contribution in [2.75, 3.05) is 6.61 Å². The van der Waals surface area contributed by atoms with Crippen molar-refractivity contribution in [3.05, 3.63) is 90.5 Å². The molecule has 0 aliphatic heterocycles. The fraction of sp³-hybridized carbons (Fsp3) is 0.182. The standard InChI is InChI=1S/C22H24O/c1-5-19-12-14-20(15-13-19)17(3)10-11-18(4)21-8-7-9-22(16-21)23-6-2/h7-16H,3-6H2,1-2H3/b11-10-. The van der Waals surface area contributed by atoms with E-state index < -0.39 is 0 Å². The maximum Gasteiger partial charge on any atom is 0.119 e. The van der Waals surface area contributed by atoms with Gasteiger partial charge in [-0.05, 0) is 53.3 Å². The van der Waals surface area contributed by atoms with Crippen LogP contribution in [0.2, 0.25) is 0 Å². The Morgan fingerprint density at radius 3 is 2.17 bits per heavy atom. The van der Waals surface area contributed by atoms with Crippen LogP contribution in [0.15, 0.2) is 73.8 Å². The van der Waals surface area contributed by atoms with Crippen molar-refractivity contribution in [1.82, 2.24) is 0 Å². The minimum Gasteiger partial charge on any atom is -0.494 e. The molecule has 0 fully saturated rings. The molecule has 0 aliphatic rings. The number of rotatable bonds is 7. The highest BCUT2D eigenvalue weighted by Gasteiger charge is 2.00. The molecule has 0 heterocycles. The molecule has 2 aromatic carbocycles. The lowest BCUT2D eigenvalue weighted by molar-refractivity contribution is 0.340. The summed E-state index contributed by atoms with van der Waals surface area (Å²) in [5.74, 6) is 0.869. The smallest absolute Gasteiger partial charge is 0.119 e. The molecule has 2 rings (SSSR count). The minimum absolute atomic E-state index is 0.663.